The first-order chi connectivity index (χ1) is 12.7. The van der Waals surface area contributed by atoms with E-state index in [-0.39, 0.29) is 11.9 Å². The fourth-order valence-corrected chi connectivity index (χ4v) is 3.48. The smallest absolute Gasteiger partial charge is 0.257 e. The number of rotatable bonds is 4. The second-order valence-corrected chi connectivity index (χ2v) is 6.59. The van der Waals surface area contributed by atoms with Gasteiger partial charge in [-0.3, -0.25) is 14.6 Å². The summed E-state index contributed by atoms with van der Waals surface area (Å²) in [6.45, 7) is 2.17. The first-order valence-electron chi connectivity index (χ1n) is 8.80. The van der Waals surface area contributed by atoms with Crippen LogP contribution in [0.15, 0.2) is 48.8 Å². The molecule has 2 aromatic heterocycles. The lowest BCUT2D eigenvalue weighted by Gasteiger charge is -2.34. The molecule has 7 nitrogen and oxygen atoms in total. The third kappa shape index (κ3) is 3.25. The van der Waals surface area contributed by atoms with E-state index in [0.29, 0.717) is 24.3 Å². The molecule has 0 spiro atoms. The van der Waals surface area contributed by atoms with Crippen LogP contribution in [0.5, 0.6) is 0 Å². The molecule has 26 heavy (non-hydrogen) atoms. The molecule has 1 aliphatic rings. The minimum absolute atomic E-state index is 0.00881. The van der Waals surface area contributed by atoms with E-state index in [2.05, 4.69) is 32.7 Å². The monoisotopic (exact) mass is 350 g/mol. The van der Waals surface area contributed by atoms with Crippen LogP contribution in [-0.4, -0.2) is 56.5 Å². The number of aromatic nitrogens is 4. The molecule has 3 aromatic rings. The normalized spacial score (nSPS) is 17.4. The van der Waals surface area contributed by atoms with Crippen molar-refractivity contribution in [2.75, 3.05) is 19.6 Å². The average molecular weight is 350 g/mol. The Morgan fingerprint density at radius 2 is 2.12 bits per heavy atom. The van der Waals surface area contributed by atoms with Crippen LogP contribution in [-0.2, 0) is 13.5 Å². The molecule has 0 saturated carbocycles. The van der Waals surface area contributed by atoms with Crippen molar-refractivity contribution in [2.45, 2.75) is 12.5 Å². The summed E-state index contributed by atoms with van der Waals surface area (Å²) in [6, 6.07) is 12.5. The zero-order chi connectivity index (χ0) is 17.9. The maximum Gasteiger partial charge on any atom is 0.257 e. The van der Waals surface area contributed by atoms with Gasteiger partial charge in [-0.1, -0.05) is 30.3 Å². The van der Waals surface area contributed by atoms with Crippen molar-refractivity contribution in [2.24, 2.45) is 7.05 Å². The maximum absolute atomic E-state index is 13.1. The zero-order valence-electron chi connectivity index (χ0n) is 14.7. The van der Waals surface area contributed by atoms with Gasteiger partial charge < -0.3 is 10.2 Å². The largest absolute Gasteiger partial charge is 0.336 e. The van der Waals surface area contributed by atoms with E-state index in [0.717, 1.165) is 18.7 Å². The summed E-state index contributed by atoms with van der Waals surface area (Å²) in [5.74, 6) is 0.00881. The molecular formula is C19H22N6O. The van der Waals surface area contributed by atoms with Crippen molar-refractivity contribution < 1.29 is 4.79 Å². The van der Waals surface area contributed by atoms with Crippen molar-refractivity contribution in [3.63, 3.8) is 0 Å². The Morgan fingerprint density at radius 1 is 1.27 bits per heavy atom. The molecule has 1 aromatic carbocycles. The molecule has 0 aliphatic carbocycles. The average Bonchev–Trinajstić information content (AvgIpc) is 3.30. The first kappa shape index (κ1) is 16.5. The molecule has 1 unspecified atom stereocenters. The SMILES string of the molecule is Cn1nccc1-c1[nH]ncc1C(=O)N1CCNC(Cc2ccccc2)C1. The lowest BCUT2D eigenvalue weighted by molar-refractivity contribution is 0.0703. The summed E-state index contributed by atoms with van der Waals surface area (Å²) >= 11 is 0. The predicted octanol–water partition coefficient (Wildman–Crippen LogP) is 1.47. The van der Waals surface area contributed by atoms with Gasteiger partial charge in [-0.15, -0.1) is 0 Å². The van der Waals surface area contributed by atoms with Crippen LogP contribution in [0.3, 0.4) is 0 Å². The van der Waals surface area contributed by atoms with Gasteiger partial charge in [0.25, 0.3) is 5.91 Å². The summed E-state index contributed by atoms with van der Waals surface area (Å²) in [4.78, 5) is 15.0. The molecule has 1 atom stereocenters. The zero-order valence-corrected chi connectivity index (χ0v) is 14.7. The summed E-state index contributed by atoms with van der Waals surface area (Å²) in [6.07, 6.45) is 4.23. The summed E-state index contributed by atoms with van der Waals surface area (Å²) in [5, 5.41) is 14.7. The van der Waals surface area contributed by atoms with Crippen molar-refractivity contribution >= 4 is 5.91 Å². The van der Waals surface area contributed by atoms with E-state index >= 15 is 0 Å². The van der Waals surface area contributed by atoms with E-state index in [9.17, 15) is 4.79 Å². The van der Waals surface area contributed by atoms with Gasteiger partial charge in [0.2, 0.25) is 0 Å². The van der Waals surface area contributed by atoms with Crippen molar-refractivity contribution in [3.05, 3.63) is 59.9 Å². The lowest BCUT2D eigenvalue weighted by atomic mass is 10.0. The highest BCUT2D eigenvalue weighted by Crippen LogP contribution is 2.22. The summed E-state index contributed by atoms with van der Waals surface area (Å²) in [7, 11) is 1.85. The number of aryl methyl sites for hydroxylation is 1. The standard InChI is InChI=1S/C19H22N6O/c1-24-17(7-8-22-24)18-16(12-21-23-18)19(26)25-10-9-20-15(13-25)11-14-5-3-2-4-6-14/h2-8,12,15,20H,9-11,13H2,1H3,(H,21,23). The fourth-order valence-electron chi connectivity index (χ4n) is 3.48. The quantitative estimate of drug-likeness (QED) is 0.747. The van der Waals surface area contributed by atoms with Crippen LogP contribution < -0.4 is 5.32 Å². The molecule has 1 fully saturated rings. The Hall–Kier alpha value is -2.93. The van der Waals surface area contributed by atoms with Crippen LogP contribution in [0.2, 0.25) is 0 Å². The number of hydrogen-bond acceptors (Lipinski definition) is 4. The number of piperazine rings is 1. The molecular weight excluding hydrogens is 328 g/mol. The Kier molecular flexibility index (Phi) is 4.53. The van der Waals surface area contributed by atoms with Crippen molar-refractivity contribution in [1.82, 2.24) is 30.2 Å². The molecule has 2 N–H and O–H groups in total. The van der Waals surface area contributed by atoms with Crippen molar-refractivity contribution in [3.8, 4) is 11.4 Å². The van der Waals surface area contributed by atoms with E-state index in [4.69, 9.17) is 0 Å². The molecule has 4 rings (SSSR count). The molecule has 0 bridgehead atoms. The molecule has 7 heteroatoms. The number of aromatic amines is 1. The number of H-pyrrole nitrogens is 1. The predicted molar refractivity (Wildman–Crippen MR) is 98.6 cm³/mol. The minimum atomic E-state index is 0.00881. The number of carbonyl (C=O) groups is 1. The fraction of sp³-hybridized carbons (Fsp3) is 0.316. The molecule has 1 amide bonds. The van der Waals surface area contributed by atoms with E-state index in [1.165, 1.54) is 5.56 Å². The highest BCUT2D eigenvalue weighted by atomic mass is 16.2. The van der Waals surface area contributed by atoms with Gasteiger partial charge in [0.05, 0.1) is 23.1 Å². The minimum Gasteiger partial charge on any atom is -0.336 e. The second-order valence-electron chi connectivity index (χ2n) is 6.59. The Morgan fingerprint density at radius 3 is 2.88 bits per heavy atom. The number of hydrogen-bond donors (Lipinski definition) is 2. The van der Waals surface area contributed by atoms with Gasteiger partial charge in [-0.2, -0.15) is 10.2 Å². The van der Waals surface area contributed by atoms with Crippen molar-refractivity contribution in [1.29, 1.82) is 0 Å². The van der Waals surface area contributed by atoms with Gasteiger partial charge in [-0.25, -0.2) is 0 Å². The van der Waals surface area contributed by atoms with Gasteiger partial charge in [-0.05, 0) is 18.1 Å². The lowest BCUT2D eigenvalue weighted by Crippen LogP contribution is -2.53. The molecule has 3 heterocycles. The number of nitrogens with zero attached hydrogens (tertiary/aromatic N) is 4. The third-order valence-corrected chi connectivity index (χ3v) is 4.81. The number of amides is 1. The number of nitrogens with one attached hydrogen (secondary N) is 2. The topological polar surface area (TPSA) is 78.8 Å². The van der Waals surface area contributed by atoms with Gasteiger partial charge in [0, 0.05) is 38.9 Å². The molecule has 0 radical (unpaired) electrons. The van der Waals surface area contributed by atoms with Gasteiger partial charge in [0.15, 0.2) is 0 Å². The second kappa shape index (κ2) is 7.13. The van der Waals surface area contributed by atoms with Crippen LogP contribution in [0, 0.1) is 0 Å². The van der Waals surface area contributed by atoms with E-state index in [1.807, 2.05) is 36.2 Å². The molecule has 1 saturated heterocycles. The Balaban J connectivity index is 1.50. The van der Waals surface area contributed by atoms with Crippen LogP contribution >= 0.6 is 0 Å². The van der Waals surface area contributed by atoms with Gasteiger partial charge in [0.1, 0.15) is 0 Å². The molecule has 1 aliphatic heterocycles. The first-order valence-corrected chi connectivity index (χ1v) is 8.80. The van der Waals surface area contributed by atoms with Crippen LogP contribution in [0.4, 0.5) is 0 Å². The summed E-state index contributed by atoms with van der Waals surface area (Å²) in [5.41, 5.74) is 3.43. The number of carbonyl (C=O) groups excluding carboxylic acids is 1. The van der Waals surface area contributed by atoms with E-state index < -0.39 is 0 Å². The Bertz CT molecular complexity index is 884. The van der Waals surface area contributed by atoms with E-state index in [1.54, 1.807) is 17.1 Å². The Labute approximate surface area is 152 Å². The third-order valence-electron chi connectivity index (χ3n) is 4.81. The summed E-state index contributed by atoms with van der Waals surface area (Å²) < 4.78 is 1.74. The van der Waals surface area contributed by atoms with Gasteiger partial charge >= 0.3 is 0 Å². The highest BCUT2D eigenvalue weighted by molar-refractivity contribution is 5.99. The van der Waals surface area contributed by atoms with Crippen LogP contribution in [0.25, 0.3) is 11.4 Å². The highest BCUT2D eigenvalue weighted by Gasteiger charge is 2.27. The maximum atomic E-state index is 13.1. The number of benzene rings is 1. The van der Waals surface area contributed by atoms with Crippen LogP contribution in [0.1, 0.15) is 15.9 Å². The molecule has 134 valence electrons.